The second-order valence-corrected chi connectivity index (χ2v) is 16.9. The molecule has 3 aliphatic rings. The fraction of sp³-hybridized carbons (Fsp3) is 0.931. The zero-order valence-electron chi connectivity index (χ0n) is 26.3. The van der Waals surface area contributed by atoms with E-state index >= 15 is 0 Å². The number of rotatable bonds is 20. The maximum absolute atomic E-state index is 13.4. The number of carbonyl (C=O) groups excluding carboxylic acids is 2. The summed E-state index contributed by atoms with van der Waals surface area (Å²) in [6.07, 6.45) is 4.25. The van der Waals surface area contributed by atoms with E-state index in [4.69, 9.17) is 23.7 Å². The molecule has 0 aromatic rings. The lowest BCUT2D eigenvalue weighted by atomic mass is 9.62. The first kappa shape index (κ1) is 34.3. The van der Waals surface area contributed by atoms with Crippen LogP contribution in [0.25, 0.3) is 0 Å². The number of hydrogen-bond donors (Lipinski definition) is 2. The van der Waals surface area contributed by atoms with Crippen LogP contribution in [0.2, 0.25) is 25.2 Å². The fourth-order valence-electron chi connectivity index (χ4n) is 6.14. The van der Waals surface area contributed by atoms with Crippen LogP contribution in [0, 0.1) is 10.8 Å². The highest BCUT2D eigenvalue weighted by atomic mass is 28.2. The Bertz CT molecular complexity index is 772. The predicted octanol–water partition coefficient (Wildman–Crippen LogP) is 2.56. The van der Waals surface area contributed by atoms with Gasteiger partial charge in [-0.05, 0) is 42.9 Å². The van der Waals surface area contributed by atoms with Gasteiger partial charge in [-0.2, -0.15) is 0 Å². The predicted molar refractivity (Wildman–Crippen MR) is 167 cm³/mol. The largest absolute Gasteiger partial charge is 0.441 e. The van der Waals surface area contributed by atoms with Crippen LogP contribution >= 0.6 is 0 Å². The summed E-state index contributed by atoms with van der Waals surface area (Å²) in [5, 5.41) is 6.40. The molecule has 12 heteroatoms. The van der Waals surface area contributed by atoms with E-state index in [1.165, 1.54) is 12.1 Å². The normalized spacial score (nSPS) is 27.7. The van der Waals surface area contributed by atoms with Gasteiger partial charge in [-0.15, -0.1) is 0 Å². The SMILES string of the molecule is C[SiH2]CCCN(CCC[SiH2]C)C(=O)NC1CC(C)(C)CC(C)(CNC(=O)OC(COCC2CO2)COCC2CO2)C1. The molecule has 3 rings (SSSR count). The second-order valence-electron chi connectivity index (χ2n) is 13.5. The number of ether oxygens (including phenoxy) is 5. The highest BCUT2D eigenvalue weighted by Crippen LogP contribution is 2.45. The Morgan fingerprint density at radius 2 is 1.51 bits per heavy atom. The number of nitrogens with zero attached hydrogens (tertiary/aromatic N) is 1. The third-order valence-corrected chi connectivity index (χ3v) is 10.5. The molecule has 3 fully saturated rings. The third kappa shape index (κ3) is 14.2. The molecule has 0 spiro atoms. The molecule has 10 nitrogen and oxygen atoms in total. The van der Waals surface area contributed by atoms with E-state index in [-0.39, 0.29) is 67.4 Å². The molecule has 0 aromatic heterocycles. The highest BCUT2D eigenvalue weighted by molar-refractivity contribution is 6.33. The molecule has 0 radical (unpaired) electrons. The van der Waals surface area contributed by atoms with Crippen molar-refractivity contribution < 1.29 is 33.3 Å². The van der Waals surface area contributed by atoms with E-state index in [9.17, 15) is 9.59 Å². The monoisotopic (exact) mass is 615 g/mol. The minimum Gasteiger partial charge on any atom is -0.441 e. The van der Waals surface area contributed by atoms with Gasteiger partial charge in [0.1, 0.15) is 12.2 Å². The number of epoxide rings is 2. The summed E-state index contributed by atoms with van der Waals surface area (Å²) in [4.78, 5) is 28.3. The minimum absolute atomic E-state index is 0.0164. The maximum atomic E-state index is 13.4. The lowest BCUT2D eigenvalue weighted by molar-refractivity contribution is -0.0335. The summed E-state index contributed by atoms with van der Waals surface area (Å²) >= 11 is 0. The lowest BCUT2D eigenvalue weighted by Crippen LogP contribution is -2.53. The van der Waals surface area contributed by atoms with Crippen LogP contribution in [-0.4, -0.2) is 120 Å². The van der Waals surface area contributed by atoms with E-state index in [1.54, 1.807) is 0 Å². The lowest BCUT2D eigenvalue weighted by Gasteiger charge is -2.47. The van der Waals surface area contributed by atoms with Gasteiger partial charge in [0, 0.05) is 44.7 Å². The van der Waals surface area contributed by atoms with Crippen molar-refractivity contribution in [2.24, 2.45) is 10.8 Å². The van der Waals surface area contributed by atoms with Gasteiger partial charge in [0.15, 0.2) is 6.10 Å². The molecule has 4 unspecified atom stereocenters. The summed E-state index contributed by atoms with van der Waals surface area (Å²) in [7, 11) is 0.0329. The molecular weight excluding hydrogens is 559 g/mol. The van der Waals surface area contributed by atoms with Gasteiger partial charge in [-0.3, -0.25) is 0 Å². The van der Waals surface area contributed by atoms with Crippen LogP contribution in [0.4, 0.5) is 9.59 Å². The maximum Gasteiger partial charge on any atom is 0.407 e. The standard InChI is InChI=1S/C29H57N3O7Si2/c1-28(2)12-22(31-26(33)32(8-6-10-40-4)9-7-11-41-5)13-29(3,20-28)21-30-27(34)39-25(16-35-14-23-18-37-23)17-36-15-24-19-38-24/h22-25H,6-21,40-41H2,1-5H3,(H,30,34)(H,31,33). The summed E-state index contributed by atoms with van der Waals surface area (Å²) in [6, 6.07) is 2.72. The van der Waals surface area contributed by atoms with Gasteiger partial charge in [0.2, 0.25) is 0 Å². The van der Waals surface area contributed by atoms with Crippen LogP contribution < -0.4 is 10.6 Å². The quantitative estimate of drug-likeness (QED) is 0.123. The van der Waals surface area contributed by atoms with Crippen molar-refractivity contribution >= 4 is 31.2 Å². The zero-order chi connectivity index (χ0) is 29.7. The van der Waals surface area contributed by atoms with Crippen molar-refractivity contribution in [3.8, 4) is 0 Å². The van der Waals surface area contributed by atoms with Gasteiger partial charge in [-0.1, -0.05) is 46.0 Å². The number of carbonyl (C=O) groups is 2. The molecule has 0 aromatic carbocycles. The Labute approximate surface area is 252 Å². The average molecular weight is 616 g/mol. The first-order valence-corrected chi connectivity index (χ1v) is 20.8. The number of urea groups is 1. The Morgan fingerprint density at radius 3 is 2.02 bits per heavy atom. The van der Waals surface area contributed by atoms with E-state index < -0.39 is 12.2 Å². The highest BCUT2D eigenvalue weighted by Gasteiger charge is 2.42. The van der Waals surface area contributed by atoms with Crippen LogP contribution in [0.15, 0.2) is 0 Å². The van der Waals surface area contributed by atoms with E-state index in [2.05, 4.69) is 49.4 Å². The molecule has 238 valence electrons. The Kier molecular flexibility index (Phi) is 14.4. The third-order valence-electron chi connectivity index (χ3n) is 8.07. The Hall–Kier alpha value is -1.19. The number of amides is 3. The van der Waals surface area contributed by atoms with Crippen LogP contribution in [0.1, 0.15) is 52.9 Å². The average Bonchev–Trinajstić information content (AvgIpc) is 3.82. The molecule has 41 heavy (non-hydrogen) atoms. The van der Waals surface area contributed by atoms with Crippen LogP contribution in [0.3, 0.4) is 0 Å². The summed E-state index contributed by atoms with van der Waals surface area (Å²) in [6.45, 7) is 16.5. The van der Waals surface area contributed by atoms with Crippen molar-refractivity contribution in [3.63, 3.8) is 0 Å². The first-order chi connectivity index (χ1) is 19.6. The van der Waals surface area contributed by atoms with Crippen molar-refractivity contribution in [1.82, 2.24) is 15.5 Å². The van der Waals surface area contributed by atoms with Crippen molar-refractivity contribution in [1.29, 1.82) is 0 Å². The molecule has 0 bridgehead atoms. The second kappa shape index (κ2) is 17.2. The van der Waals surface area contributed by atoms with Gasteiger partial charge < -0.3 is 39.2 Å². The molecular formula is C29H57N3O7Si2. The zero-order valence-corrected chi connectivity index (χ0v) is 29.2. The number of nitrogens with one attached hydrogen (secondary N) is 2. The van der Waals surface area contributed by atoms with Crippen molar-refractivity contribution in [2.75, 3.05) is 59.3 Å². The topological polar surface area (TPSA) is 114 Å². The van der Waals surface area contributed by atoms with E-state index in [0.29, 0.717) is 19.8 Å². The van der Waals surface area contributed by atoms with Gasteiger partial charge in [-0.25, -0.2) is 9.59 Å². The number of alkyl carbamates (subject to hydrolysis) is 1. The van der Waals surface area contributed by atoms with Crippen LogP contribution in [0.5, 0.6) is 0 Å². The van der Waals surface area contributed by atoms with Gasteiger partial charge in [0.05, 0.1) is 39.6 Å². The number of hydrogen-bond acceptors (Lipinski definition) is 7. The van der Waals surface area contributed by atoms with Gasteiger partial charge in [0.25, 0.3) is 0 Å². The fourth-order valence-corrected chi connectivity index (χ4v) is 7.59. The van der Waals surface area contributed by atoms with E-state index in [0.717, 1.165) is 58.4 Å². The Balaban J connectivity index is 1.49. The van der Waals surface area contributed by atoms with Crippen LogP contribution in [-0.2, 0) is 23.7 Å². The summed E-state index contributed by atoms with van der Waals surface area (Å²) < 4.78 is 27.5. The van der Waals surface area contributed by atoms with Crippen molar-refractivity contribution in [3.05, 3.63) is 0 Å². The smallest absolute Gasteiger partial charge is 0.407 e. The Morgan fingerprint density at radius 1 is 0.951 bits per heavy atom. The van der Waals surface area contributed by atoms with Crippen molar-refractivity contribution in [2.45, 2.75) is 102 Å². The molecule has 2 N–H and O–H groups in total. The molecule has 1 saturated carbocycles. The summed E-state index contributed by atoms with van der Waals surface area (Å²) in [5.74, 6) is 0. The molecule has 4 atom stereocenters. The van der Waals surface area contributed by atoms with E-state index in [1.807, 2.05) is 0 Å². The molecule has 2 saturated heterocycles. The summed E-state index contributed by atoms with van der Waals surface area (Å²) in [5.41, 5.74) is -0.122. The molecule has 2 aliphatic heterocycles. The molecule has 3 amide bonds. The van der Waals surface area contributed by atoms with Gasteiger partial charge >= 0.3 is 12.1 Å². The molecule has 2 heterocycles. The minimum atomic E-state index is -0.508. The molecule has 1 aliphatic carbocycles. The first-order valence-electron chi connectivity index (χ1n) is 16.0.